The minimum absolute atomic E-state index is 0.0453. The summed E-state index contributed by atoms with van der Waals surface area (Å²) in [5.41, 5.74) is 0. The highest BCUT2D eigenvalue weighted by molar-refractivity contribution is 6.74. The van der Waals surface area contributed by atoms with Crippen LogP contribution >= 0.6 is 0 Å². The van der Waals surface area contributed by atoms with Gasteiger partial charge in [-0.25, -0.2) is 4.79 Å². The lowest BCUT2D eigenvalue weighted by Crippen LogP contribution is -2.46. The van der Waals surface area contributed by atoms with Crippen molar-refractivity contribution in [1.29, 1.82) is 0 Å². The molecule has 0 bridgehead atoms. The standard InChI is InChI=1S/C10H21NO4Si/c1-10(2,3)16(4,5)15-7-8(6-12)11-9(13)14/h6,8,11H,7H2,1-5H3,(H,13,14)/t8-/m1/s1. The van der Waals surface area contributed by atoms with E-state index >= 15 is 0 Å². The lowest BCUT2D eigenvalue weighted by molar-refractivity contribution is -0.110. The Kier molecular flexibility index (Phi) is 5.15. The highest BCUT2D eigenvalue weighted by Gasteiger charge is 2.37. The largest absolute Gasteiger partial charge is 0.465 e. The number of carbonyl (C=O) groups is 2. The van der Waals surface area contributed by atoms with E-state index in [1.54, 1.807) is 0 Å². The third-order valence-electron chi connectivity index (χ3n) is 2.90. The Balaban J connectivity index is 4.31. The second kappa shape index (κ2) is 5.45. The van der Waals surface area contributed by atoms with Gasteiger partial charge in [-0.15, -0.1) is 0 Å². The van der Waals surface area contributed by atoms with Crippen LogP contribution in [-0.4, -0.2) is 38.5 Å². The van der Waals surface area contributed by atoms with E-state index in [9.17, 15) is 9.59 Å². The van der Waals surface area contributed by atoms with Gasteiger partial charge >= 0.3 is 6.09 Å². The molecule has 0 heterocycles. The molecule has 0 aliphatic rings. The molecule has 0 aliphatic heterocycles. The fraction of sp³-hybridized carbons (Fsp3) is 0.800. The maximum absolute atomic E-state index is 10.6. The van der Waals surface area contributed by atoms with Crippen LogP contribution in [0.2, 0.25) is 18.1 Å². The highest BCUT2D eigenvalue weighted by Crippen LogP contribution is 2.36. The summed E-state index contributed by atoms with van der Waals surface area (Å²) in [6.45, 7) is 10.5. The van der Waals surface area contributed by atoms with E-state index in [0.717, 1.165) is 0 Å². The van der Waals surface area contributed by atoms with Crippen LogP contribution in [-0.2, 0) is 9.22 Å². The van der Waals surface area contributed by atoms with E-state index < -0.39 is 20.5 Å². The number of rotatable bonds is 5. The van der Waals surface area contributed by atoms with E-state index in [1.165, 1.54) is 0 Å². The van der Waals surface area contributed by atoms with Crippen LogP contribution in [0.1, 0.15) is 20.8 Å². The Morgan fingerprint density at radius 3 is 2.31 bits per heavy atom. The van der Waals surface area contributed by atoms with Crippen molar-refractivity contribution in [2.24, 2.45) is 0 Å². The normalized spacial score (nSPS) is 14.3. The fourth-order valence-electron chi connectivity index (χ4n) is 0.788. The van der Waals surface area contributed by atoms with E-state index in [4.69, 9.17) is 9.53 Å². The molecule has 0 aromatic rings. The van der Waals surface area contributed by atoms with Crippen LogP contribution in [0, 0.1) is 0 Å². The molecule has 5 nitrogen and oxygen atoms in total. The van der Waals surface area contributed by atoms with Gasteiger partial charge in [-0.2, -0.15) is 0 Å². The summed E-state index contributed by atoms with van der Waals surface area (Å²) in [5, 5.41) is 10.6. The van der Waals surface area contributed by atoms with Crippen molar-refractivity contribution in [1.82, 2.24) is 5.32 Å². The van der Waals surface area contributed by atoms with Crippen LogP contribution in [0.3, 0.4) is 0 Å². The van der Waals surface area contributed by atoms with E-state index in [0.29, 0.717) is 6.29 Å². The highest BCUT2D eigenvalue weighted by atomic mass is 28.4. The van der Waals surface area contributed by atoms with Crippen LogP contribution in [0.15, 0.2) is 0 Å². The number of carboxylic acid groups (broad SMARTS) is 1. The number of aldehydes is 1. The lowest BCUT2D eigenvalue weighted by Gasteiger charge is -2.36. The number of amides is 1. The average Bonchev–Trinajstić information content (AvgIpc) is 2.09. The predicted molar refractivity (Wildman–Crippen MR) is 64.2 cm³/mol. The first kappa shape index (κ1) is 15.1. The predicted octanol–water partition coefficient (Wildman–Crippen LogP) is 1.84. The first-order chi connectivity index (χ1) is 7.10. The van der Waals surface area contributed by atoms with Crippen molar-refractivity contribution >= 4 is 20.7 Å². The average molecular weight is 247 g/mol. The van der Waals surface area contributed by atoms with Crippen LogP contribution < -0.4 is 5.32 Å². The monoisotopic (exact) mass is 247 g/mol. The second-order valence-corrected chi connectivity index (χ2v) is 10.1. The molecule has 6 heteroatoms. The third kappa shape index (κ3) is 4.76. The smallest absolute Gasteiger partial charge is 0.405 e. The van der Waals surface area contributed by atoms with Crippen molar-refractivity contribution in [3.05, 3.63) is 0 Å². The number of nitrogens with one attached hydrogen (secondary N) is 1. The van der Waals surface area contributed by atoms with Crippen LogP contribution in [0.5, 0.6) is 0 Å². The van der Waals surface area contributed by atoms with Gasteiger partial charge in [0.1, 0.15) is 12.3 Å². The van der Waals surface area contributed by atoms with Gasteiger partial charge in [-0.1, -0.05) is 20.8 Å². The molecular weight excluding hydrogens is 226 g/mol. The van der Waals surface area contributed by atoms with Crippen molar-refractivity contribution in [2.45, 2.75) is 44.9 Å². The first-order valence-corrected chi connectivity index (χ1v) is 8.09. The Labute approximate surface area is 97.3 Å². The zero-order valence-electron chi connectivity index (χ0n) is 10.5. The molecule has 0 radical (unpaired) electrons. The molecule has 0 fully saturated rings. The van der Waals surface area contributed by atoms with Gasteiger partial charge in [0.2, 0.25) is 0 Å². The van der Waals surface area contributed by atoms with Gasteiger partial charge < -0.3 is 19.6 Å². The van der Waals surface area contributed by atoms with Gasteiger partial charge in [0.15, 0.2) is 8.32 Å². The van der Waals surface area contributed by atoms with Crippen molar-refractivity contribution in [2.75, 3.05) is 6.61 Å². The Hall–Kier alpha value is -0.883. The van der Waals surface area contributed by atoms with Gasteiger partial charge in [0.25, 0.3) is 0 Å². The summed E-state index contributed by atoms with van der Waals surface area (Å²) in [6.07, 6.45) is -0.655. The molecule has 94 valence electrons. The number of carbonyl (C=O) groups excluding carboxylic acids is 1. The molecule has 1 amide bonds. The quantitative estimate of drug-likeness (QED) is 0.574. The molecule has 16 heavy (non-hydrogen) atoms. The maximum Gasteiger partial charge on any atom is 0.405 e. The van der Waals surface area contributed by atoms with Crippen molar-refractivity contribution < 1.29 is 19.1 Å². The minimum atomic E-state index is -1.93. The Morgan fingerprint density at radius 2 is 2.00 bits per heavy atom. The maximum atomic E-state index is 10.6. The summed E-state index contributed by atoms with van der Waals surface area (Å²) in [4.78, 5) is 21.0. The molecule has 1 atom stereocenters. The molecule has 0 aromatic heterocycles. The van der Waals surface area contributed by atoms with Crippen molar-refractivity contribution in [3.8, 4) is 0 Å². The van der Waals surface area contributed by atoms with Gasteiger partial charge in [-0.05, 0) is 18.1 Å². The van der Waals surface area contributed by atoms with E-state index in [1.807, 2.05) is 0 Å². The molecule has 0 aromatic carbocycles. The molecule has 0 unspecified atom stereocenters. The van der Waals surface area contributed by atoms with E-state index in [-0.39, 0.29) is 11.6 Å². The molecule has 0 aliphatic carbocycles. The van der Waals surface area contributed by atoms with Crippen LogP contribution in [0.25, 0.3) is 0 Å². The fourth-order valence-corrected chi connectivity index (χ4v) is 1.82. The SMILES string of the molecule is CC(C)(C)[Si](C)(C)OC[C@@H](C=O)NC(=O)O. The van der Waals surface area contributed by atoms with Gasteiger partial charge in [-0.3, -0.25) is 0 Å². The summed E-state index contributed by atoms with van der Waals surface area (Å²) in [5.74, 6) is 0. The third-order valence-corrected chi connectivity index (χ3v) is 7.40. The van der Waals surface area contributed by atoms with E-state index in [2.05, 4.69) is 39.2 Å². The van der Waals surface area contributed by atoms with Gasteiger partial charge in [0, 0.05) is 0 Å². The molecule has 0 saturated carbocycles. The summed E-state index contributed by atoms with van der Waals surface area (Å²) < 4.78 is 5.73. The second-order valence-electron chi connectivity index (χ2n) is 5.26. The molecule has 2 N–H and O–H groups in total. The minimum Gasteiger partial charge on any atom is -0.465 e. The summed E-state index contributed by atoms with van der Waals surface area (Å²) in [7, 11) is -1.93. The summed E-state index contributed by atoms with van der Waals surface area (Å²) in [6, 6.07) is -0.786. The van der Waals surface area contributed by atoms with Gasteiger partial charge in [0.05, 0.1) is 6.61 Å². The Morgan fingerprint density at radius 1 is 1.50 bits per heavy atom. The zero-order valence-corrected chi connectivity index (χ0v) is 11.5. The number of hydrogen-bond acceptors (Lipinski definition) is 3. The number of hydrogen-bond donors (Lipinski definition) is 2. The Bertz CT molecular complexity index is 260. The molecular formula is C10H21NO4Si. The topological polar surface area (TPSA) is 75.6 Å². The van der Waals surface area contributed by atoms with Crippen molar-refractivity contribution in [3.63, 3.8) is 0 Å². The van der Waals surface area contributed by atoms with Crippen LogP contribution in [0.4, 0.5) is 4.79 Å². The molecule has 0 saturated heterocycles. The first-order valence-electron chi connectivity index (χ1n) is 5.19. The summed E-state index contributed by atoms with van der Waals surface area (Å²) >= 11 is 0. The molecule has 0 spiro atoms. The molecule has 0 rings (SSSR count). The zero-order chi connectivity index (χ0) is 13.0. The lowest BCUT2D eigenvalue weighted by atomic mass is 10.2.